The lowest BCUT2D eigenvalue weighted by Crippen LogP contribution is -2.27. The van der Waals surface area contributed by atoms with E-state index in [0.717, 1.165) is 6.61 Å². The van der Waals surface area contributed by atoms with Crippen molar-refractivity contribution < 1.29 is 4.74 Å². The van der Waals surface area contributed by atoms with Gasteiger partial charge in [-0.25, -0.2) is 0 Å². The predicted molar refractivity (Wildman–Crippen MR) is 63.2 cm³/mol. The van der Waals surface area contributed by atoms with Crippen molar-refractivity contribution in [2.24, 2.45) is 0 Å². The van der Waals surface area contributed by atoms with Gasteiger partial charge >= 0.3 is 0 Å². The summed E-state index contributed by atoms with van der Waals surface area (Å²) in [4.78, 5) is 0. The minimum Gasteiger partial charge on any atom is -0.384 e. The first-order valence-corrected chi connectivity index (χ1v) is 6.49. The molecule has 80 valence electrons. The van der Waals surface area contributed by atoms with Crippen molar-refractivity contribution >= 4 is 7.92 Å². The van der Waals surface area contributed by atoms with E-state index in [1.807, 2.05) is 0 Å². The van der Waals surface area contributed by atoms with Crippen LogP contribution < -0.4 is 0 Å². The van der Waals surface area contributed by atoms with Crippen molar-refractivity contribution in [3.63, 3.8) is 0 Å². The third-order valence-corrected chi connectivity index (χ3v) is 6.01. The van der Waals surface area contributed by atoms with E-state index in [9.17, 15) is 0 Å². The zero-order chi connectivity index (χ0) is 10.7. The molecule has 0 saturated heterocycles. The van der Waals surface area contributed by atoms with Gasteiger partial charge in [0.15, 0.2) is 0 Å². The van der Waals surface area contributed by atoms with E-state index < -0.39 is 0 Å². The summed E-state index contributed by atoms with van der Waals surface area (Å²) in [6.07, 6.45) is 1.22. The second-order valence-corrected chi connectivity index (χ2v) is 9.47. The highest BCUT2D eigenvalue weighted by molar-refractivity contribution is 7.60. The smallest absolute Gasteiger partial charge is 0.0501 e. The lowest BCUT2D eigenvalue weighted by molar-refractivity contribution is 0.217. The number of hydrogen-bond acceptors (Lipinski definition) is 1. The fourth-order valence-corrected chi connectivity index (χ4v) is 5.58. The minimum absolute atomic E-state index is 0.0264. The van der Waals surface area contributed by atoms with Crippen molar-refractivity contribution in [1.29, 1.82) is 0 Å². The van der Waals surface area contributed by atoms with Crippen molar-refractivity contribution in [3.05, 3.63) is 0 Å². The Morgan fingerprint density at radius 3 is 1.54 bits per heavy atom. The number of methoxy groups -OCH3 is 1. The molecule has 0 aromatic carbocycles. The van der Waals surface area contributed by atoms with Gasteiger partial charge in [0.1, 0.15) is 0 Å². The van der Waals surface area contributed by atoms with Gasteiger partial charge in [-0.2, -0.15) is 0 Å². The zero-order valence-electron chi connectivity index (χ0n) is 10.3. The first-order chi connectivity index (χ1) is 5.69. The first kappa shape index (κ1) is 13.4. The molecule has 0 heterocycles. The summed E-state index contributed by atoms with van der Waals surface area (Å²) in [5.74, 6) is 0. The Morgan fingerprint density at radius 1 is 0.923 bits per heavy atom. The molecule has 0 rings (SSSR count). The van der Waals surface area contributed by atoms with Crippen LogP contribution in [-0.2, 0) is 4.74 Å². The fraction of sp³-hybridized carbons (Fsp3) is 1.00. The summed E-state index contributed by atoms with van der Waals surface area (Å²) < 4.78 is 5.18. The predicted octanol–water partition coefficient (Wildman–Crippen LogP) is 3.71. The van der Waals surface area contributed by atoms with Crippen LogP contribution in [0.25, 0.3) is 0 Å². The molecule has 0 saturated carbocycles. The molecule has 13 heavy (non-hydrogen) atoms. The molecule has 0 aliphatic heterocycles. The third kappa shape index (κ3) is 4.98. The van der Waals surface area contributed by atoms with E-state index in [1.165, 1.54) is 6.16 Å². The Balaban J connectivity index is 4.39. The Labute approximate surface area is 85.0 Å². The maximum absolute atomic E-state index is 5.18. The van der Waals surface area contributed by atoms with Crippen LogP contribution in [0.2, 0.25) is 0 Å². The Kier molecular flexibility index (Phi) is 4.90. The van der Waals surface area contributed by atoms with Gasteiger partial charge in [-0.1, -0.05) is 49.5 Å². The molecular formula is C11H25OP. The lowest BCUT2D eigenvalue weighted by Gasteiger charge is -2.41. The summed E-state index contributed by atoms with van der Waals surface area (Å²) in [7, 11) is 1.82. The molecule has 0 aliphatic carbocycles. The average Bonchev–Trinajstić information content (AvgIpc) is 1.81. The molecule has 0 unspecified atom stereocenters. The Bertz CT molecular complexity index is 127. The van der Waals surface area contributed by atoms with Crippen LogP contribution >= 0.6 is 7.92 Å². The minimum atomic E-state index is 0.0264. The van der Waals surface area contributed by atoms with Crippen molar-refractivity contribution in [3.8, 4) is 0 Å². The molecular weight excluding hydrogens is 179 g/mol. The first-order valence-electron chi connectivity index (χ1n) is 4.96. The standard InChI is InChI=1S/C11H25OP/c1-10(2,3)13(9-8-12-7)11(4,5)6/h8-9H2,1-7H3. The average molecular weight is 204 g/mol. The molecule has 0 radical (unpaired) electrons. The van der Waals surface area contributed by atoms with Crippen molar-refractivity contribution in [2.75, 3.05) is 19.9 Å². The van der Waals surface area contributed by atoms with Gasteiger partial charge in [0, 0.05) is 7.11 Å². The van der Waals surface area contributed by atoms with E-state index in [-0.39, 0.29) is 7.92 Å². The lowest BCUT2D eigenvalue weighted by atomic mass is 10.2. The molecule has 0 fully saturated rings. The maximum atomic E-state index is 5.18. The molecule has 0 aromatic rings. The monoisotopic (exact) mass is 204 g/mol. The molecule has 2 heteroatoms. The number of rotatable bonds is 3. The van der Waals surface area contributed by atoms with Crippen molar-refractivity contribution in [1.82, 2.24) is 0 Å². The van der Waals surface area contributed by atoms with Crippen molar-refractivity contribution in [2.45, 2.75) is 51.9 Å². The fourth-order valence-electron chi connectivity index (χ4n) is 1.86. The molecule has 0 amide bonds. The van der Waals surface area contributed by atoms with Gasteiger partial charge in [-0.05, 0) is 16.5 Å². The van der Waals surface area contributed by atoms with Crippen LogP contribution in [0.4, 0.5) is 0 Å². The van der Waals surface area contributed by atoms with Gasteiger partial charge in [-0.15, -0.1) is 0 Å². The van der Waals surface area contributed by atoms with Crippen LogP contribution in [0.3, 0.4) is 0 Å². The van der Waals surface area contributed by atoms with Gasteiger partial charge in [-0.3, -0.25) is 0 Å². The second kappa shape index (κ2) is 4.75. The maximum Gasteiger partial charge on any atom is 0.0501 e. The second-order valence-electron chi connectivity index (χ2n) is 5.49. The zero-order valence-corrected chi connectivity index (χ0v) is 11.2. The third-order valence-electron chi connectivity index (χ3n) is 2.14. The molecule has 0 atom stereocenters. The topological polar surface area (TPSA) is 9.23 Å². The number of ether oxygens (including phenoxy) is 1. The molecule has 0 aliphatic rings. The van der Waals surface area contributed by atoms with Crippen LogP contribution in [0, 0.1) is 0 Å². The van der Waals surface area contributed by atoms with Crippen LogP contribution in [-0.4, -0.2) is 30.2 Å². The van der Waals surface area contributed by atoms with Crippen LogP contribution in [0.5, 0.6) is 0 Å². The van der Waals surface area contributed by atoms with E-state index in [0.29, 0.717) is 10.3 Å². The number of hydrogen-bond donors (Lipinski definition) is 0. The highest BCUT2D eigenvalue weighted by Gasteiger charge is 2.33. The summed E-state index contributed by atoms with van der Waals surface area (Å²) in [5.41, 5.74) is 0. The highest BCUT2D eigenvalue weighted by Crippen LogP contribution is 2.58. The molecule has 0 bridgehead atoms. The largest absolute Gasteiger partial charge is 0.384 e. The van der Waals surface area contributed by atoms with Gasteiger partial charge in [0.2, 0.25) is 0 Å². The SMILES string of the molecule is COCCP(C(C)(C)C)C(C)(C)C. The Morgan fingerprint density at radius 2 is 1.31 bits per heavy atom. The van der Waals surface area contributed by atoms with Gasteiger partial charge < -0.3 is 4.74 Å². The molecule has 1 nitrogen and oxygen atoms in total. The van der Waals surface area contributed by atoms with E-state index >= 15 is 0 Å². The van der Waals surface area contributed by atoms with E-state index in [1.54, 1.807) is 7.11 Å². The molecule has 0 spiro atoms. The van der Waals surface area contributed by atoms with Gasteiger partial charge in [0.05, 0.1) is 6.61 Å². The Hall–Kier alpha value is 0.390. The quantitative estimate of drug-likeness (QED) is 0.637. The van der Waals surface area contributed by atoms with Gasteiger partial charge in [0.25, 0.3) is 0 Å². The molecule has 0 aromatic heterocycles. The van der Waals surface area contributed by atoms with Crippen LogP contribution in [0.15, 0.2) is 0 Å². The van der Waals surface area contributed by atoms with E-state index in [4.69, 9.17) is 4.74 Å². The molecule has 0 N–H and O–H groups in total. The van der Waals surface area contributed by atoms with Crippen LogP contribution in [0.1, 0.15) is 41.5 Å². The van der Waals surface area contributed by atoms with E-state index in [2.05, 4.69) is 41.5 Å². The summed E-state index contributed by atoms with van der Waals surface area (Å²) in [6.45, 7) is 15.0. The summed E-state index contributed by atoms with van der Waals surface area (Å²) in [5, 5.41) is 0.873. The highest BCUT2D eigenvalue weighted by atomic mass is 31.1. The normalized spacial score (nSPS) is 13.8. The summed E-state index contributed by atoms with van der Waals surface area (Å²) >= 11 is 0. The summed E-state index contributed by atoms with van der Waals surface area (Å²) in [6, 6.07) is 0.